The van der Waals surface area contributed by atoms with Crippen LogP contribution in [0.2, 0.25) is 5.02 Å². The average molecular weight is 401 g/mol. The molecular formula is C21H21ClN2O4. The van der Waals surface area contributed by atoms with Crippen LogP contribution in [0.4, 0.5) is 5.69 Å². The number of rotatable bonds is 8. The fourth-order valence-electron chi connectivity index (χ4n) is 2.39. The van der Waals surface area contributed by atoms with Crippen LogP contribution in [0.25, 0.3) is 6.08 Å². The quantitative estimate of drug-likeness (QED) is 0.513. The Kier molecular flexibility index (Phi) is 7.73. The minimum absolute atomic E-state index is 0.0941. The SMILES string of the molecule is CCOc1ccc(NC(=O)/C(C#N)=C/c2cc(OCC)c(OC)cc2Cl)cc1. The Morgan fingerprint density at radius 2 is 1.82 bits per heavy atom. The van der Waals surface area contributed by atoms with Crippen LogP contribution >= 0.6 is 11.6 Å². The van der Waals surface area contributed by atoms with Crippen molar-refractivity contribution in [1.82, 2.24) is 0 Å². The van der Waals surface area contributed by atoms with E-state index in [1.165, 1.54) is 13.2 Å². The van der Waals surface area contributed by atoms with Crippen LogP contribution < -0.4 is 19.5 Å². The number of carbonyl (C=O) groups is 1. The summed E-state index contributed by atoms with van der Waals surface area (Å²) < 4.78 is 16.1. The summed E-state index contributed by atoms with van der Waals surface area (Å²) in [5.41, 5.74) is 0.929. The van der Waals surface area contributed by atoms with Gasteiger partial charge in [0.2, 0.25) is 0 Å². The Morgan fingerprint density at radius 3 is 2.39 bits per heavy atom. The van der Waals surface area contributed by atoms with Crippen molar-refractivity contribution in [2.45, 2.75) is 13.8 Å². The number of anilines is 1. The summed E-state index contributed by atoms with van der Waals surface area (Å²) in [5, 5.41) is 12.4. The maximum atomic E-state index is 12.5. The Balaban J connectivity index is 2.26. The van der Waals surface area contributed by atoms with Gasteiger partial charge in [0.1, 0.15) is 17.4 Å². The molecule has 2 rings (SSSR count). The molecule has 1 amide bonds. The van der Waals surface area contributed by atoms with Crippen molar-refractivity contribution < 1.29 is 19.0 Å². The molecule has 7 heteroatoms. The zero-order chi connectivity index (χ0) is 20.5. The number of amides is 1. The van der Waals surface area contributed by atoms with Crippen LogP contribution in [0.5, 0.6) is 17.2 Å². The average Bonchev–Trinajstić information content (AvgIpc) is 2.69. The maximum absolute atomic E-state index is 12.5. The van der Waals surface area contributed by atoms with Crippen molar-refractivity contribution in [3.8, 4) is 23.3 Å². The van der Waals surface area contributed by atoms with Crippen LogP contribution in [-0.4, -0.2) is 26.2 Å². The highest BCUT2D eigenvalue weighted by Gasteiger charge is 2.14. The van der Waals surface area contributed by atoms with Crippen LogP contribution in [0, 0.1) is 11.3 Å². The Morgan fingerprint density at radius 1 is 1.14 bits per heavy atom. The third-order valence-electron chi connectivity index (χ3n) is 3.67. The van der Waals surface area contributed by atoms with E-state index < -0.39 is 5.91 Å². The molecule has 2 aromatic carbocycles. The highest BCUT2D eigenvalue weighted by molar-refractivity contribution is 6.32. The molecule has 0 bridgehead atoms. The fourth-order valence-corrected chi connectivity index (χ4v) is 2.60. The van der Waals surface area contributed by atoms with Crippen LogP contribution in [0.1, 0.15) is 19.4 Å². The first-order chi connectivity index (χ1) is 13.5. The Labute approximate surface area is 169 Å². The summed E-state index contributed by atoms with van der Waals surface area (Å²) in [7, 11) is 1.51. The lowest BCUT2D eigenvalue weighted by molar-refractivity contribution is -0.112. The maximum Gasteiger partial charge on any atom is 0.266 e. The van der Waals surface area contributed by atoms with Crippen molar-refractivity contribution in [2.24, 2.45) is 0 Å². The number of halogens is 1. The number of methoxy groups -OCH3 is 1. The van der Waals surface area contributed by atoms with E-state index in [0.29, 0.717) is 46.7 Å². The van der Waals surface area contributed by atoms with E-state index in [4.69, 9.17) is 25.8 Å². The van der Waals surface area contributed by atoms with E-state index in [1.54, 1.807) is 36.4 Å². The van der Waals surface area contributed by atoms with Gasteiger partial charge in [-0.25, -0.2) is 0 Å². The van der Waals surface area contributed by atoms with Gasteiger partial charge in [0.15, 0.2) is 11.5 Å². The number of nitrogens with zero attached hydrogens (tertiary/aromatic N) is 1. The number of nitriles is 1. The molecule has 0 atom stereocenters. The predicted octanol–water partition coefficient (Wildman–Crippen LogP) is 4.69. The molecule has 0 aliphatic carbocycles. The van der Waals surface area contributed by atoms with Crippen LogP contribution in [-0.2, 0) is 4.79 Å². The van der Waals surface area contributed by atoms with Gasteiger partial charge in [0.25, 0.3) is 5.91 Å². The minimum atomic E-state index is -0.545. The van der Waals surface area contributed by atoms with Crippen LogP contribution in [0.15, 0.2) is 42.0 Å². The molecule has 0 spiro atoms. The lowest BCUT2D eigenvalue weighted by atomic mass is 10.1. The third kappa shape index (κ3) is 5.41. The molecule has 0 fully saturated rings. The smallest absolute Gasteiger partial charge is 0.266 e. The lowest BCUT2D eigenvalue weighted by Gasteiger charge is -2.11. The molecule has 146 valence electrons. The van der Waals surface area contributed by atoms with Crippen molar-refractivity contribution >= 4 is 29.3 Å². The summed E-state index contributed by atoms with van der Waals surface area (Å²) in [6.07, 6.45) is 1.41. The van der Waals surface area contributed by atoms with Gasteiger partial charge in [-0.3, -0.25) is 4.79 Å². The molecule has 28 heavy (non-hydrogen) atoms. The molecule has 0 aliphatic rings. The van der Waals surface area contributed by atoms with E-state index >= 15 is 0 Å². The van der Waals surface area contributed by atoms with Gasteiger partial charge in [-0.2, -0.15) is 5.26 Å². The Bertz CT molecular complexity index is 902. The van der Waals surface area contributed by atoms with Gasteiger partial charge in [-0.1, -0.05) is 11.6 Å². The van der Waals surface area contributed by atoms with Gasteiger partial charge in [0, 0.05) is 11.8 Å². The van der Waals surface area contributed by atoms with Crippen molar-refractivity contribution in [2.75, 3.05) is 25.6 Å². The van der Waals surface area contributed by atoms with Crippen molar-refractivity contribution in [3.63, 3.8) is 0 Å². The normalized spacial score (nSPS) is 10.8. The minimum Gasteiger partial charge on any atom is -0.494 e. The van der Waals surface area contributed by atoms with E-state index in [1.807, 2.05) is 19.9 Å². The number of hydrogen-bond donors (Lipinski definition) is 1. The van der Waals surface area contributed by atoms with Crippen molar-refractivity contribution in [3.05, 3.63) is 52.6 Å². The van der Waals surface area contributed by atoms with Gasteiger partial charge in [0.05, 0.1) is 25.3 Å². The number of hydrogen-bond acceptors (Lipinski definition) is 5. The first kappa shape index (κ1) is 21.1. The Hall–Kier alpha value is -3.17. The summed E-state index contributed by atoms with van der Waals surface area (Å²) in [6, 6.07) is 12.0. The van der Waals surface area contributed by atoms with E-state index in [2.05, 4.69) is 5.32 Å². The van der Waals surface area contributed by atoms with E-state index in [0.717, 1.165) is 0 Å². The summed E-state index contributed by atoms with van der Waals surface area (Å²) in [6.45, 7) is 4.72. The van der Waals surface area contributed by atoms with Gasteiger partial charge in [-0.15, -0.1) is 0 Å². The zero-order valence-electron chi connectivity index (χ0n) is 15.9. The molecule has 0 unspecified atom stereocenters. The number of carbonyl (C=O) groups excluding carboxylic acids is 1. The van der Waals surface area contributed by atoms with E-state index in [9.17, 15) is 10.1 Å². The van der Waals surface area contributed by atoms with Gasteiger partial charge in [-0.05, 0) is 55.8 Å². The standard InChI is InChI=1S/C21H21ClN2O4/c1-4-27-17-8-6-16(7-9-17)24-21(25)15(13-23)10-14-11-20(28-5-2)19(26-3)12-18(14)22/h6-12H,4-5H2,1-3H3,(H,24,25)/b15-10+. The molecule has 6 nitrogen and oxygen atoms in total. The lowest BCUT2D eigenvalue weighted by Crippen LogP contribution is -2.13. The van der Waals surface area contributed by atoms with E-state index in [-0.39, 0.29) is 5.57 Å². The number of benzene rings is 2. The first-order valence-electron chi connectivity index (χ1n) is 8.68. The monoisotopic (exact) mass is 400 g/mol. The number of ether oxygens (including phenoxy) is 3. The second-order valence-electron chi connectivity index (χ2n) is 5.54. The summed E-state index contributed by atoms with van der Waals surface area (Å²) in [4.78, 5) is 12.5. The second kappa shape index (κ2) is 10.2. The molecule has 0 aromatic heterocycles. The van der Waals surface area contributed by atoms with Gasteiger partial charge < -0.3 is 19.5 Å². The first-order valence-corrected chi connectivity index (χ1v) is 9.06. The molecule has 0 saturated heterocycles. The van der Waals surface area contributed by atoms with Crippen molar-refractivity contribution in [1.29, 1.82) is 5.26 Å². The summed E-state index contributed by atoms with van der Waals surface area (Å²) in [5.74, 6) is 1.10. The van der Waals surface area contributed by atoms with Crippen LogP contribution in [0.3, 0.4) is 0 Å². The largest absolute Gasteiger partial charge is 0.494 e. The fraction of sp³-hybridized carbons (Fsp3) is 0.238. The molecule has 0 saturated carbocycles. The highest BCUT2D eigenvalue weighted by Crippen LogP contribution is 2.34. The molecule has 0 aliphatic heterocycles. The topological polar surface area (TPSA) is 80.6 Å². The molecule has 2 aromatic rings. The third-order valence-corrected chi connectivity index (χ3v) is 4.00. The second-order valence-corrected chi connectivity index (χ2v) is 5.95. The van der Waals surface area contributed by atoms with Gasteiger partial charge >= 0.3 is 0 Å². The number of nitrogens with one attached hydrogen (secondary N) is 1. The predicted molar refractivity (Wildman–Crippen MR) is 109 cm³/mol. The molecule has 1 N–H and O–H groups in total. The molecule has 0 radical (unpaired) electrons. The molecule has 0 heterocycles. The zero-order valence-corrected chi connectivity index (χ0v) is 16.7. The highest BCUT2D eigenvalue weighted by atomic mass is 35.5. The molecular weight excluding hydrogens is 380 g/mol. The summed E-state index contributed by atoms with van der Waals surface area (Å²) >= 11 is 6.26.